The van der Waals surface area contributed by atoms with Crippen molar-refractivity contribution in [3.63, 3.8) is 0 Å². The summed E-state index contributed by atoms with van der Waals surface area (Å²) < 4.78 is 5.27. The molecule has 1 amide bonds. The van der Waals surface area contributed by atoms with E-state index in [4.69, 9.17) is 21.1 Å². The molecule has 8 heteroatoms. The minimum Gasteiger partial charge on any atom is -0.418 e. The monoisotopic (exact) mass is 398 g/mol. The second-order valence-electron chi connectivity index (χ2n) is 6.24. The predicted molar refractivity (Wildman–Crippen MR) is 105 cm³/mol. The minimum absolute atomic E-state index is 0.108. The third-order valence-electron chi connectivity index (χ3n) is 4.00. The van der Waals surface area contributed by atoms with Crippen LogP contribution in [0.5, 0.6) is 0 Å². The van der Waals surface area contributed by atoms with Crippen molar-refractivity contribution in [2.24, 2.45) is 0 Å². The fraction of sp³-hybridized carbons (Fsp3) is 0.200. The molecule has 0 saturated heterocycles. The lowest BCUT2D eigenvalue weighted by atomic mass is 10.1. The zero-order chi connectivity index (χ0) is 20.1. The first-order valence-electron chi connectivity index (χ1n) is 8.57. The van der Waals surface area contributed by atoms with Crippen LogP contribution in [-0.2, 0) is 17.9 Å². The van der Waals surface area contributed by atoms with Gasteiger partial charge in [-0.3, -0.25) is 9.78 Å². The number of nitrogens with one attached hydrogen (secondary N) is 1. The Morgan fingerprint density at radius 1 is 1.29 bits per heavy atom. The van der Waals surface area contributed by atoms with E-state index in [0.717, 1.165) is 5.56 Å². The molecule has 3 aromatic rings. The Balaban J connectivity index is 1.69. The molecular weight excluding hydrogens is 380 g/mol. The van der Waals surface area contributed by atoms with Gasteiger partial charge in [0, 0.05) is 18.8 Å². The first kappa shape index (κ1) is 19.7. The number of allylic oxidation sites excluding steroid dienone is 1. The number of pyridine rings is 1. The second-order valence-corrected chi connectivity index (χ2v) is 6.65. The fourth-order valence-electron chi connectivity index (χ4n) is 2.49. The molecule has 0 fully saturated rings. The number of aliphatic hydroxyl groups excluding tert-OH is 1. The van der Waals surface area contributed by atoms with Crippen molar-refractivity contribution in [1.29, 1.82) is 0 Å². The van der Waals surface area contributed by atoms with Gasteiger partial charge in [-0.05, 0) is 31.1 Å². The molecule has 0 aliphatic carbocycles. The topological polar surface area (TPSA) is 101 Å². The lowest BCUT2D eigenvalue weighted by Crippen LogP contribution is -2.20. The number of aromatic nitrogens is 3. The number of hydrogen-bond donors (Lipinski definition) is 2. The number of nitrogens with zero attached hydrogens (tertiary/aromatic N) is 3. The van der Waals surface area contributed by atoms with Gasteiger partial charge in [-0.2, -0.15) is 0 Å². The molecule has 144 valence electrons. The Morgan fingerprint density at radius 3 is 2.68 bits per heavy atom. The van der Waals surface area contributed by atoms with Crippen LogP contribution in [0.4, 0.5) is 0 Å². The number of carbonyl (C=O) groups is 1. The van der Waals surface area contributed by atoms with Gasteiger partial charge < -0.3 is 14.8 Å². The van der Waals surface area contributed by atoms with Crippen molar-refractivity contribution in [2.45, 2.75) is 27.0 Å². The predicted octanol–water partition coefficient (Wildman–Crippen LogP) is 3.31. The molecule has 0 bridgehead atoms. The first-order valence-corrected chi connectivity index (χ1v) is 8.95. The molecule has 2 heterocycles. The Bertz CT molecular complexity index is 1010. The number of amides is 1. The maximum absolute atomic E-state index is 12.2. The summed E-state index contributed by atoms with van der Waals surface area (Å²) in [6, 6.07) is 9.58. The average Bonchev–Trinajstić information content (AvgIpc) is 3.16. The molecule has 0 unspecified atom stereocenters. The maximum atomic E-state index is 12.2. The molecular formula is C20H19ClN4O3. The minimum atomic E-state index is -0.341. The Labute approximate surface area is 167 Å². The van der Waals surface area contributed by atoms with Gasteiger partial charge in [0.25, 0.3) is 0 Å². The SMILES string of the molecule is C/C(=C\C(=O)NCc1ccc(C)cc1)c1ncc(-c2nnc(CO)o2)cc1Cl. The van der Waals surface area contributed by atoms with Crippen LogP contribution in [0.25, 0.3) is 17.0 Å². The van der Waals surface area contributed by atoms with Crippen molar-refractivity contribution < 1.29 is 14.3 Å². The van der Waals surface area contributed by atoms with E-state index in [1.807, 2.05) is 31.2 Å². The highest BCUT2D eigenvalue weighted by molar-refractivity contribution is 6.32. The number of halogens is 1. The fourth-order valence-corrected chi connectivity index (χ4v) is 2.81. The highest BCUT2D eigenvalue weighted by Gasteiger charge is 2.13. The summed E-state index contributed by atoms with van der Waals surface area (Å²) in [4.78, 5) is 16.5. The van der Waals surface area contributed by atoms with Crippen LogP contribution in [0, 0.1) is 6.92 Å². The van der Waals surface area contributed by atoms with Crippen molar-refractivity contribution >= 4 is 23.1 Å². The van der Waals surface area contributed by atoms with E-state index in [1.54, 1.807) is 13.0 Å². The van der Waals surface area contributed by atoms with Gasteiger partial charge >= 0.3 is 0 Å². The van der Waals surface area contributed by atoms with E-state index in [2.05, 4.69) is 20.5 Å². The van der Waals surface area contributed by atoms with Crippen LogP contribution in [-0.4, -0.2) is 26.2 Å². The summed E-state index contributed by atoms with van der Waals surface area (Å²) in [6.45, 7) is 3.87. The molecule has 0 saturated carbocycles. The Kier molecular flexibility index (Phi) is 6.18. The van der Waals surface area contributed by atoms with Crippen molar-refractivity contribution in [3.05, 3.63) is 70.3 Å². The van der Waals surface area contributed by atoms with Crippen LogP contribution in [0.2, 0.25) is 5.02 Å². The van der Waals surface area contributed by atoms with Crippen molar-refractivity contribution in [2.75, 3.05) is 0 Å². The summed E-state index contributed by atoms with van der Waals surface area (Å²) in [5.74, 6) is 0.0866. The van der Waals surface area contributed by atoms with E-state index < -0.39 is 0 Å². The summed E-state index contributed by atoms with van der Waals surface area (Å²) in [6.07, 6.45) is 2.98. The van der Waals surface area contributed by atoms with Crippen molar-refractivity contribution in [3.8, 4) is 11.5 Å². The summed E-state index contributed by atoms with van der Waals surface area (Å²) in [7, 11) is 0. The van der Waals surface area contributed by atoms with E-state index >= 15 is 0 Å². The highest BCUT2D eigenvalue weighted by atomic mass is 35.5. The Morgan fingerprint density at radius 2 is 2.04 bits per heavy atom. The summed E-state index contributed by atoms with van der Waals surface area (Å²) in [5.41, 5.74) is 3.82. The molecule has 0 atom stereocenters. The number of carbonyl (C=O) groups excluding carboxylic acids is 1. The molecule has 2 N–H and O–H groups in total. The van der Waals surface area contributed by atoms with Crippen LogP contribution in [0.15, 0.2) is 47.0 Å². The lowest BCUT2D eigenvalue weighted by molar-refractivity contribution is -0.116. The normalized spacial score (nSPS) is 11.5. The number of hydrogen-bond acceptors (Lipinski definition) is 6. The van der Waals surface area contributed by atoms with E-state index in [0.29, 0.717) is 28.4 Å². The van der Waals surface area contributed by atoms with Crippen LogP contribution in [0.3, 0.4) is 0 Å². The van der Waals surface area contributed by atoms with E-state index in [1.165, 1.54) is 17.8 Å². The molecule has 0 radical (unpaired) electrons. The average molecular weight is 399 g/mol. The van der Waals surface area contributed by atoms with Gasteiger partial charge in [-0.1, -0.05) is 41.4 Å². The zero-order valence-electron chi connectivity index (χ0n) is 15.4. The van der Waals surface area contributed by atoms with Crippen LogP contribution >= 0.6 is 11.6 Å². The number of rotatable bonds is 6. The van der Waals surface area contributed by atoms with Gasteiger partial charge in [0.15, 0.2) is 0 Å². The standard InChI is InChI=1S/C20H19ClN4O3/c1-12-3-5-14(6-4-12)9-22-17(27)7-13(2)19-16(21)8-15(10-23-19)20-25-24-18(11-26)28-20/h3-8,10,26H,9,11H2,1-2H3,(H,22,27)/b13-7+. The van der Waals surface area contributed by atoms with Crippen LogP contribution < -0.4 is 5.32 Å². The smallest absolute Gasteiger partial charge is 0.249 e. The third kappa shape index (κ3) is 4.82. The summed E-state index contributed by atoms with van der Waals surface area (Å²) in [5, 5.41) is 19.7. The quantitative estimate of drug-likeness (QED) is 0.618. The molecule has 3 rings (SSSR count). The molecule has 1 aromatic carbocycles. The highest BCUT2D eigenvalue weighted by Crippen LogP contribution is 2.26. The molecule has 0 aliphatic heterocycles. The van der Waals surface area contributed by atoms with Gasteiger partial charge in [-0.15, -0.1) is 10.2 Å². The Hall–Kier alpha value is -3.03. The maximum Gasteiger partial charge on any atom is 0.249 e. The molecule has 0 aliphatic rings. The molecule has 2 aromatic heterocycles. The van der Waals surface area contributed by atoms with Gasteiger partial charge in [0.1, 0.15) is 6.61 Å². The third-order valence-corrected chi connectivity index (χ3v) is 4.29. The molecule has 28 heavy (non-hydrogen) atoms. The molecule has 0 spiro atoms. The van der Waals surface area contributed by atoms with Crippen LogP contribution in [0.1, 0.15) is 29.6 Å². The number of aliphatic hydroxyl groups is 1. The molecule has 7 nitrogen and oxygen atoms in total. The van der Waals surface area contributed by atoms with Gasteiger partial charge in [0.05, 0.1) is 16.3 Å². The van der Waals surface area contributed by atoms with Gasteiger partial charge in [-0.25, -0.2) is 0 Å². The summed E-state index contributed by atoms with van der Waals surface area (Å²) >= 11 is 6.31. The number of aryl methyl sites for hydroxylation is 1. The van der Waals surface area contributed by atoms with Crippen molar-refractivity contribution in [1.82, 2.24) is 20.5 Å². The van der Waals surface area contributed by atoms with E-state index in [-0.39, 0.29) is 24.3 Å². The second kappa shape index (κ2) is 8.77. The first-order chi connectivity index (χ1) is 13.5. The zero-order valence-corrected chi connectivity index (χ0v) is 16.2. The number of benzene rings is 1. The lowest BCUT2D eigenvalue weighted by Gasteiger charge is -2.06. The van der Waals surface area contributed by atoms with Gasteiger partial charge in [0.2, 0.25) is 17.7 Å². The van der Waals surface area contributed by atoms with E-state index in [9.17, 15) is 4.79 Å². The largest absolute Gasteiger partial charge is 0.418 e.